The van der Waals surface area contributed by atoms with Crippen molar-refractivity contribution in [3.63, 3.8) is 0 Å². The minimum atomic E-state index is -0.706. The molecule has 0 aliphatic carbocycles. The second kappa shape index (κ2) is 5.15. The first-order chi connectivity index (χ1) is 7.33. The number of carboxylic acid groups (broad SMARTS) is 1. The van der Waals surface area contributed by atoms with Crippen molar-refractivity contribution in [1.82, 2.24) is 10.2 Å². The van der Waals surface area contributed by atoms with Crippen molar-refractivity contribution >= 4 is 5.97 Å². The first-order valence-electron chi connectivity index (χ1n) is 6.05. The first-order valence-corrected chi connectivity index (χ1v) is 6.05. The summed E-state index contributed by atoms with van der Waals surface area (Å²) in [6.07, 6.45) is 0.971. The highest BCUT2D eigenvalue weighted by Crippen LogP contribution is 2.22. The number of hydrogen-bond donors (Lipinski definition) is 2. The van der Waals surface area contributed by atoms with Crippen LogP contribution in [0.3, 0.4) is 0 Å². The summed E-state index contributed by atoms with van der Waals surface area (Å²) in [5, 5.41) is 12.1. The highest BCUT2D eigenvalue weighted by molar-refractivity contribution is 5.66. The van der Waals surface area contributed by atoms with Gasteiger partial charge in [0.2, 0.25) is 0 Å². The van der Waals surface area contributed by atoms with E-state index >= 15 is 0 Å². The van der Waals surface area contributed by atoms with E-state index in [0.717, 1.165) is 13.1 Å². The van der Waals surface area contributed by atoms with Crippen molar-refractivity contribution in [1.29, 1.82) is 0 Å². The van der Waals surface area contributed by atoms with Gasteiger partial charge in [0.25, 0.3) is 0 Å². The molecule has 1 aliphatic rings. The lowest BCUT2D eigenvalue weighted by molar-refractivity contribution is -0.137. The lowest BCUT2D eigenvalue weighted by atomic mass is 9.94. The largest absolute Gasteiger partial charge is 0.481 e. The van der Waals surface area contributed by atoms with E-state index in [-0.39, 0.29) is 12.0 Å². The Kier molecular flexibility index (Phi) is 4.33. The van der Waals surface area contributed by atoms with E-state index in [2.05, 4.69) is 37.9 Å². The summed E-state index contributed by atoms with van der Waals surface area (Å²) in [5.41, 5.74) is 0.161. The van der Waals surface area contributed by atoms with Crippen molar-refractivity contribution in [2.24, 2.45) is 0 Å². The zero-order chi connectivity index (χ0) is 12.3. The normalized spacial score (nSPS) is 25.9. The van der Waals surface area contributed by atoms with Gasteiger partial charge in [0, 0.05) is 37.1 Å². The van der Waals surface area contributed by atoms with Gasteiger partial charge in [-0.05, 0) is 34.1 Å². The molecule has 0 aromatic rings. The monoisotopic (exact) mass is 228 g/mol. The molecule has 0 aromatic carbocycles. The predicted octanol–water partition coefficient (Wildman–Crippen LogP) is 1.31. The third-order valence-corrected chi connectivity index (χ3v) is 3.35. The van der Waals surface area contributed by atoms with Crippen LogP contribution in [0.2, 0.25) is 0 Å². The third-order valence-electron chi connectivity index (χ3n) is 3.35. The molecule has 1 aliphatic heterocycles. The molecule has 94 valence electrons. The summed E-state index contributed by atoms with van der Waals surface area (Å²) in [7, 11) is 0. The number of hydrogen-bond acceptors (Lipinski definition) is 3. The summed E-state index contributed by atoms with van der Waals surface area (Å²) in [6, 6.07) is 0.816. The molecule has 0 amide bonds. The van der Waals surface area contributed by atoms with E-state index in [0.29, 0.717) is 18.5 Å². The fourth-order valence-corrected chi connectivity index (χ4v) is 2.45. The van der Waals surface area contributed by atoms with E-state index in [4.69, 9.17) is 5.11 Å². The molecule has 4 heteroatoms. The van der Waals surface area contributed by atoms with Crippen LogP contribution in [-0.2, 0) is 4.79 Å². The minimum absolute atomic E-state index is 0.161. The molecule has 0 aromatic heterocycles. The molecular weight excluding hydrogens is 204 g/mol. The molecule has 1 unspecified atom stereocenters. The average molecular weight is 228 g/mol. The van der Waals surface area contributed by atoms with E-state index in [1.165, 1.54) is 0 Å². The summed E-state index contributed by atoms with van der Waals surface area (Å²) in [4.78, 5) is 13.0. The van der Waals surface area contributed by atoms with Crippen LogP contribution in [0.4, 0.5) is 0 Å². The fraction of sp³-hybridized carbons (Fsp3) is 0.917. The number of carbonyl (C=O) groups is 1. The van der Waals surface area contributed by atoms with Gasteiger partial charge >= 0.3 is 5.97 Å². The number of piperazine rings is 1. The molecule has 1 heterocycles. The van der Waals surface area contributed by atoms with Crippen molar-refractivity contribution in [2.75, 3.05) is 13.1 Å². The van der Waals surface area contributed by atoms with Gasteiger partial charge in [0.1, 0.15) is 0 Å². The van der Waals surface area contributed by atoms with E-state index in [1.807, 2.05) is 0 Å². The topological polar surface area (TPSA) is 52.6 Å². The van der Waals surface area contributed by atoms with E-state index in [9.17, 15) is 4.79 Å². The van der Waals surface area contributed by atoms with Gasteiger partial charge in [0.05, 0.1) is 0 Å². The molecule has 2 N–H and O–H groups in total. The Hall–Kier alpha value is -0.610. The highest BCUT2D eigenvalue weighted by atomic mass is 16.4. The summed E-state index contributed by atoms with van der Waals surface area (Å²) < 4.78 is 0. The van der Waals surface area contributed by atoms with Gasteiger partial charge in [0.15, 0.2) is 0 Å². The smallest absolute Gasteiger partial charge is 0.303 e. The van der Waals surface area contributed by atoms with Crippen LogP contribution in [0, 0.1) is 0 Å². The van der Waals surface area contributed by atoms with Crippen molar-refractivity contribution in [3.8, 4) is 0 Å². The van der Waals surface area contributed by atoms with Gasteiger partial charge in [-0.1, -0.05) is 0 Å². The molecule has 0 radical (unpaired) electrons. The molecular formula is C12H24N2O2. The zero-order valence-corrected chi connectivity index (χ0v) is 10.8. The molecule has 1 fully saturated rings. The molecule has 0 bridgehead atoms. The van der Waals surface area contributed by atoms with Crippen LogP contribution in [0.1, 0.15) is 40.5 Å². The van der Waals surface area contributed by atoms with Crippen LogP contribution in [0.15, 0.2) is 0 Å². The number of nitrogens with one attached hydrogen (secondary N) is 1. The maximum atomic E-state index is 10.5. The maximum Gasteiger partial charge on any atom is 0.303 e. The van der Waals surface area contributed by atoms with Crippen LogP contribution in [-0.4, -0.2) is 46.7 Å². The van der Waals surface area contributed by atoms with Gasteiger partial charge in [-0.25, -0.2) is 0 Å². The van der Waals surface area contributed by atoms with Crippen LogP contribution >= 0.6 is 0 Å². The molecule has 16 heavy (non-hydrogen) atoms. The predicted molar refractivity (Wildman–Crippen MR) is 64.6 cm³/mol. The Bertz CT molecular complexity index is 251. The molecule has 0 saturated carbocycles. The zero-order valence-electron chi connectivity index (χ0n) is 10.8. The molecule has 0 spiro atoms. The first kappa shape index (κ1) is 13.5. The molecule has 1 saturated heterocycles. The number of carboxylic acids is 1. The number of rotatable bonds is 4. The second-order valence-corrected chi connectivity index (χ2v) is 5.57. The van der Waals surface area contributed by atoms with E-state index < -0.39 is 5.97 Å². The van der Waals surface area contributed by atoms with E-state index in [1.54, 1.807) is 0 Å². The van der Waals surface area contributed by atoms with Crippen LogP contribution in [0.5, 0.6) is 0 Å². The Morgan fingerprint density at radius 3 is 2.69 bits per heavy atom. The van der Waals surface area contributed by atoms with Gasteiger partial charge < -0.3 is 10.4 Å². The number of aliphatic carboxylic acids is 1. The van der Waals surface area contributed by atoms with Gasteiger partial charge in [-0.2, -0.15) is 0 Å². The molecule has 1 atom stereocenters. The quantitative estimate of drug-likeness (QED) is 0.762. The Morgan fingerprint density at radius 2 is 2.19 bits per heavy atom. The van der Waals surface area contributed by atoms with Gasteiger partial charge in [-0.15, -0.1) is 0 Å². The average Bonchev–Trinajstić information content (AvgIpc) is 2.15. The Labute approximate surface area is 98.0 Å². The highest BCUT2D eigenvalue weighted by Gasteiger charge is 2.35. The second-order valence-electron chi connectivity index (χ2n) is 5.57. The standard InChI is InChI=1S/C12H24N2O2/c1-9(2)14-7-10(5-6-11(15)16)13-8-12(14,3)4/h9-10,13H,5-8H2,1-4H3,(H,15,16). The maximum absolute atomic E-state index is 10.5. The number of nitrogens with zero attached hydrogens (tertiary/aromatic N) is 1. The van der Waals surface area contributed by atoms with Crippen LogP contribution < -0.4 is 5.32 Å². The van der Waals surface area contributed by atoms with Gasteiger partial charge in [-0.3, -0.25) is 9.69 Å². The minimum Gasteiger partial charge on any atom is -0.481 e. The summed E-state index contributed by atoms with van der Waals surface area (Å²) >= 11 is 0. The summed E-state index contributed by atoms with van der Waals surface area (Å²) in [6.45, 7) is 10.7. The van der Waals surface area contributed by atoms with Crippen molar-refractivity contribution in [3.05, 3.63) is 0 Å². The lowest BCUT2D eigenvalue weighted by Gasteiger charge is -2.48. The summed E-state index contributed by atoms with van der Waals surface area (Å²) in [5.74, 6) is -0.706. The Morgan fingerprint density at radius 1 is 1.56 bits per heavy atom. The fourth-order valence-electron chi connectivity index (χ4n) is 2.45. The third kappa shape index (κ3) is 3.46. The van der Waals surface area contributed by atoms with Crippen molar-refractivity contribution < 1.29 is 9.90 Å². The van der Waals surface area contributed by atoms with Crippen molar-refractivity contribution in [2.45, 2.75) is 58.2 Å². The van der Waals surface area contributed by atoms with Crippen LogP contribution in [0.25, 0.3) is 0 Å². The molecule has 1 rings (SSSR count). The Balaban J connectivity index is 2.52. The molecule has 4 nitrogen and oxygen atoms in total. The SMILES string of the molecule is CC(C)N1CC(CCC(=O)O)NCC1(C)C. The lowest BCUT2D eigenvalue weighted by Crippen LogP contribution is -2.63.